The zero-order chi connectivity index (χ0) is 14.8. The average molecular weight is 422 g/mol. The van der Waals surface area contributed by atoms with Gasteiger partial charge in [0, 0.05) is 21.7 Å². The first-order valence-electron chi connectivity index (χ1n) is 6.33. The van der Waals surface area contributed by atoms with Gasteiger partial charge in [0.15, 0.2) is 0 Å². The minimum absolute atomic E-state index is 0.273. The molecule has 2 heterocycles. The van der Waals surface area contributed by atoms with Crippen LogP contribution in [0, 0.1) is 0 Å². The number of halogens is 3. The maximum atomic E-state index is 6.37. The number of rotatable bonds is 2. The second kappa shape index (κ2) is 7.09. The Bertz CT molecular complexity index is 640. The van der Waals surface area contributed by atoms with E-state index < -0.39 is 0 Å². The van der Waals surface area contributed by atoms with Crippen LogP contribution in [0.1, 0.15) is 11.1 Å². The second-order valence-electron chi connectivity index (χ2n) is 4.48. The second-order valence-corrected chi connectivity index (χ2v) is 8.58. The Hall–Kier alpha value is 0.0600. The number of thioether (sulfide) groups is 2. The predicted molar refractivity (Wildman–Crippen MR) is 97.7 cm³/mol. The third-order valence-corrected chi connectivity index (χ3v) is 6.85. The first kappa shape index (κ1) is 15.9. The summed E-state index contributed by atoms with van der Waals surface area (Å²) in [6, 6.07) is 7.80. The summed E-state index contributed by atoms with van der Waals surface area (Å²) in [5.74, 6) is 4.04. The molecule has 0 amide bonds. The van der Waals surface area contributed by atoms with Crippen LogP contribution in [-0.4, -0.2) is 27.2 Å². The lowest BCUT2D eigenvalue weighted by Crippen LogP contribution is -2.11. The van der Waals surface area contributed by atoms with Crippen LogP contribution >= 0.6 is 62.7 Å². The maximum Gasteiger partial charge on any atom is 0.145 e. The molecule has 0 N–H and O–H groups in total. The van der Waals surface area contributed by atoms with Crippen LogP contribution in [0.25, 0.3) is 11.1 Å². The van der Waals surface area contributed by atoms with Crippen LogP contribution in [0.2, 0.25) is 10.3 Å². The zero-order valence-electron chi connectivity index (χ0n) is 10.9. The molecule has 0 radical (unpaired) electrons. The van der Waals surface area contributed by atoms with E-state index in [0.29, 0.717) is 15.9 Å². The van der Waals surface area contributed by atoms with Gasteiger partial charge in [0.05, 0.1) is 10.8 Å². The summed E-state index contributed by atoms with van der Waals surface area (Å²) in [6.45, 7) is 0. The van der Waals surface area contributed by atoms with E-state index in [1.807, 2.05) is 47.8 Å². The highest BCUT2D eigenvalue weighted by Crippen LogP contribution is 2.39. The highest BCUT2D eigenvalue weighted by Gasteiger charge is 2.22. The molecule has 0 bridgehead atoms. The van der Waals surface area contributed by atoms with Gasteiger partial charge in [-0.1, -0.05) is 51.3 Å². The van der Waals surface area contributed by atoms with E-state index in [-0.39, 0.29) is 5.25 Å². The zero-order valence-corrected chi connectivity index (χ0v) is 15.6. The summed E-state index contributed by atoms with van der Waals surface area (Å²) in [7, 11) is 0. The summed E-state index contributed by atoms with van der Waals surface area (Å²) in [6.07, 6.45) is 0. The van der Waals surface area contributed by atoms with E-state index in [9.17, 15) is 0 Å². The fraction of sp³-hybridized carbons (Fsp3) is 0.286. The maximum absolute atomic E-state index is 6.37. The van der Waals surface area contributed by atoms with Crippen LogP contribution in [0.3, 0.4) is 0 Å². The molecule has 1 aromatic heterocycles. The number of aromatic nitrogens is 2. The van der Waals surface area contributed by atoms with Crippen molar-refractivity contribution < 1.29 is 0 Å². The first-order valence-corrected chi connectivity index (χ1v) is 10.1. The number of benzene rings is 1. The van der Waals surface area contributed by atoms with Crippen molar-refractivity contribution >= 4 is 62.7 Å². The molecule has 7 heteroatoms. The molecule has 2 aromatic rings. The van der Waals surface area contributed by atoms with Gasteiger partial charge in [-0.05, 0) is 17.7 Å². The van der Waals surface area contributed by atoms with Crippen LogP contribution < -0.4 is 0 Å². The van der Waals surface area contributed by atoms with E-state index in [1.54, 1.807) is 0 Å². The number of hydrogen-bond acceptors (Lipinski definition) is 4. The van der Waals surface area contributed by atoms with Gasteiger partial charge in [-0.3, -0.25) is 0 Å². The van der Waals surface area contributed by atoms with Crippen molar-refractivity contribution in [3.8, 4) is 11.1 Å². The summed E-state index contributed by atoms with van der Waals surface area (Å²) in [4.78, 5) is 8.97. The van der Waals surface area contributed by atoms with Gasteiger partial charge in [-0.2, -0.15) is 11.8 Å². The molecule has 1 aliphatic heterocycles. The Morgan fingerprint density at radius 1 is 1.14 bits per heavy atom. The lowest BCUT2D eigenvalue weighted by atomic mass is 10.1. The van der Waals surface area contributed by atoms with Crippen molar-refractivity contribution in [3.05, 3.63) is 44.9 Å². The monoisotopic (exact) mass is 420 g/mol. The van der Waals surface area contributed by atoms with Crippen molar-refractivity contribution in [2.24, 2.45) is 0 Å². The van der Waals surface area contributed by atoms with E-state index in [2.05, 4.69) is 25.9 Å². The highest BCUT2D eigenvalue weighted by atomic mass is 79.9. The van der Waals surface area contributed by atoms with Gasteiger partial charge in [-0.25, -0.2) is 9.97 Å². The minimum Gasteiger partial charge on any atom is -0.219 e. The fourth-order valence-corrected chi connectivity index (χ4v) is 5.70. The lowest BCUT2D eigenvalue weighted by molar-refractivity contribution is 0.925. The Balaban J connectivity index is 2.00. The van der Waals surface area contributed by atoms with Gasteiger partial charge in [0.25, 0.3) is 0 Å². The van der Waals surface area contributed by atoms with Gasteiger partial charge in [-0.15, -0.1) is 11.8 Å². The summed E-state index contributed by atoms with van der Waals surface area (Å²) < 4.78 is 0.968. The van der Waals surface area contributed by atoms with E-state index in [4.69, 9.17) is 23.2 Å². The summed E-state index contributed by atoms with van der Waals surface area (Å²) >= 11 is 20.0. The van der Waals surface area contributed by atoms with Gasteiger partial charge >= 0.3 is 0 Å². The average Bonchev–Trinajstić information content (AvgIpc) is 2.47. The molecule has 0 spiro atoms. The third-order valence-electron chi connectivity index (χ3n) is 3.06. The molecular formula is C14H11BrCl2N2S2. The van der Waals surface area contributed by atoms with Gasteiger partial charge in [0.1, 0.15) is 16.1 Å². The topological polar surface area (TPSA) is 25.8 Å². The molecule has 0 aliphatic carbocycles. The Morgan fingerprint density at radius 2 is 1.90 bits per heavy atom. The standard InChI is InChI=1S/C14H11BrCl2N2S2/c15-9-3-1-2-8(6-9)11-12(16)18-14(19-13(11)17)10-7-20-4-5-21-10/h1-3,6,10H,4-5,7H2. The minimum atomic E-state index is 0.273. The molecule has 110 valence electrons. The number of nitrogens with zero attached hydrogens (tertiary/aromatic N) is 2. The van der Waals surface area contributed by atoms with E-state index >= 15 is 0 Å². The van der Waals surface area contributed by atoms with Crippen molar-refractivity contribution in [1.29, 1.82) is 0 Å². The molecule has 21 heavy (non-hydrogen) atoms. The molecule has 1 fully saturated rings. The third kappa shape index (κ3) is 3.70. The highest BCUT2D eigenvalue weighted by molar-refractivity contribution is 9.10. The van der Waals surface area contributed by atoms with Crippen molar-refractivity contribution in [2.75, 3.05) is 17.3 Å². The van der Waals surface area contributed by atoms with E-state index in [0.717, 1.165) is 27.4 Å². The van der Waals surface area contributed by atoms with Crippen molar-refractivity contribution in [2.45, 2.75) is 5.25 Å². The summed E-state index contributed by atoms with van der Waals surface area (Å²) in [5.41, 5.74) is 1.61. The van der Waals surface area contributed by atoms with Gasteiger partial charge in [0.2, 0.25) is 0 Å². The molecular weight excluding hydrogens is 411 g/mol. The molecule has 1 aromatic carbocycles. The van der Waals surface area contributed by atoms with Crippen molar-refractivity contribution in [1.82, 2.24) is 9.97 Å². The van der Waals surface area contributed by atoms with Crippen LogP contribution in [0.5, 0.6) is 0 Å². The quantitative estimate of drug-likeness (QED) is 0.577. The smallest absolute Gasteiger partial charge is 0.145 e. The van der Waals surface area contributed by atoms with E-state index in [1.165, 1.54) is 5.75 Å². The molecule has 3 rings (SSSR count). The first-order chi connectivity index (χ1) is 10.1. The molecule has 1 unspecified atom stereocenters. The Kier molecular flexibility index (Phi) is 5.38. The fourth-order valence-electron chi connectivity index (χ4n) is 2.09. The lowest BCUT2D eigenvalue weighted by Gasteiger charge is -2.20. The Labute approximate surface area is 150 Å². The van der Waals surface area contributed by atoms with Crippen LogP contribution in [-0.2, 0) is 0 Å². The normalized spacial score (nSPS) is 18.7. The molecule has 1 saturated heterocycles. The molecule has 1 aliphatic rings. The molecule has 1 atom stereocenters. The van der Waals surface area contributed by atoms with Gasteiger partial charge < -0.3 is 0 Å². The molecule has 2 nitrogen and oxygen atoms in total. The predicted octanol–water partition coefficient (Wildman–Crippen LogP) is 5.73. The van der Waals surface area contributed by atoms with Crippen LogP contribution in [0.15, 0.2) is 28.7 Å². The molecule has 0 saturated carbocycles. The Morgan fingerprint density at radius 3 is 2.52 bits per heavy atom. The number of hydrogen-bond donors (Lipinski definition) is 0. The summed E-state index contributed by atoms with van der Waals surface area (Å²) in [5, 5.41) is 1.11. The van der Waals surface area contributed by atoms with Crippen LogP contribution in [0.4, 0.5) is 0 Å². The largest absolute Gasteiger partial charge is 0.219 e. The SMILES string of the molecule is Clc1nc(C2CSCCS2)nc(Cl)c1-c1cccc(Br)c1. The van der Waals surface area contributed by atoms with Crippen molar-refractivity contribution in [3.63, 3.8) is 0 Å².